The molecule has 0 radical (unpaired) electrons. The molecule has 5 nitrogen and oxygen atoms in total. The first-order chi connectivity index (χ1) is 12.5. The number of amides is 1. The van der Waals surface area contributed by atoms with Crippen LogP contribution in [-0.4, -0.2) is 26.2 Å². The Morgan fingerprint density at radius 2 is 1.96 bits per heavy atom. The Morgan fingerprint density at radius 3 is 2.62 bits per heavy atom. The molecule has 0 bridgehead atoms. The van der Waals surface area contributed by atoms with E-state index >= 15 is 0 Å². The van der Waals surface area contributed by atoms with Crippen molar-refractivity contribution in [3.8, 4) is 11.5 Å². The van der Waals surface area contributed by atoms with Crippen molar-refractivity contribution in [3.63, 3.8) is 0 Å². The Kier molecular flexibility index (Phi) is 7.04. The van der Waals surface area contributed by atoms with Crippen LogP contribution >= 0.6 is 0 Å². The highest BCUT2D eigenvalue weighted by Crippen LogP contribution is 2.26. The third-order valence-corrected chi connectivity index (χ3v) is 4.28. The average molecular weight is 356 g/mol. The molecule has 0 saturated heterocycles. The Labute approximate surface area is 155 Å². The lowest BCUT2D eigenvalue weighted by atomic mass is 10.00. The molecule has 2 rings (SSSR count). The molecule has 1 unspecified atom stereocenters. The van der Waals surface area contributed by atoms with Crippen LogP contribution in [0.1, 0.15) is 46.4 Å². The fourth-order valence-electron chi connectivity index (χ4n) is 2.87. The van der Waals surface area contributed by atoms with Crippen LogP contribution in [0.15, 0.2) is 36.4 Å². The smallest absolute Gasteiger partial charge is 0.255 e. The maximum absolute atomic E-state index is 12.9. The van der Waals surface area contributed by atoms with Crippen molar-refractivity contribution in [2.24, 2.45) is 5.73 Å². The summed E-state index contributed by atoms with van der Waals surface area (Å²) in [6, 6.07) is 11.3. The van der Waals surface area contributed by atoms with E-state index in [4.69, 9.17) is 15.2 Å². The van der Waals surface area contributed by atoms with E-state index < -0.39 is 0 Å². The number of nitrogens with one attached hydrogen (secondary N) is 1. The van der Waals surface area contributed by atoms with Crippen LogP contribution in [0.25, 0.3) is 0 Å². The minimum atomic E-state index is -0.195. The molecule has 0 saturated carbocycles. The van der Waals surface area contributed by atoms with Gasteiger partial charge in [-0.15, -0.1) is 0 Å². The maximum atomic E-state index is 12.9. The summed E-state index contributed by atoms with van der Waals surface area (Å²) in [5.41, 5.74) is 9.42. The number of hydrogen-bond donors (Lipinski definition) is 2. The van der Waals surface area contributed by atoms with Gasteiger partial charge in [0.05, 0.1) is 25.3 Å². The summed E-state index contributed by atoms with van der Waals surface area (Å²) in [7, 11) is 1.57. The Balaban J connectivity index is 2.21. The summed E-state index contributed by atoms with van der Waals surface area (Å²) in [5, 5.41) is 3.06. The zero-order valence-electron chi connectivity index (χ0n) is 16.0. The van der Waals surface area contributed by atoms with E-state index in [1.54, 1.807) is 25.3 Å². The van der Waals surface area contributed by atoms with Crippen LogP contribution in [0.2, 0.25) is 0 Å². The molecular weight excluding hydrogens is 328 g/mol. The highest BCUT2D eigenvalue weighted by Gasteiger charge is 2.18. The van der Waals surface area contributed by atoms with Crippen LogP contribution < -0.4 is 20.5 Å². The highest BCUT2D eigenvalue weighted by atomic mass is 16.5. The lowest BCUT2D eigenvalue weighted by Gasteiger charge is -2.19. The van der Waals surface area contributed by atoms with Gasteiger partial charge >= 0.3 is 0 Å². The first-order valence-corrected chi connectivity index (χ1v) is 8.85. The normalized spacial score (nSPS) is 11.7. The molecule has 0 fully saturated rings. The molecular formula is C21H28N2O3. The van der Waals surface area contributed by atoms with E-state index in [0.717, 1.165) is 17.5 Å². The molecule has 26 heavy (non-hydrogen) atoms. The molecule has 140 valence electrons. The van der Waals surface area contributed by atoms with Gasteiger partial charge < -0.3 is 20.5 Å². The van der Waals surface area contributed by atoms with Crippen molar-refractivity contribution >= 4 is 5.91 Å². The molecule has 1 amide bonds. The van der Waals surface area contributed by atoms with E-state index in [0.29, 0.717) is 30.2 Å². The fourth-order valence-corrected chi connectivity index (χ4v) is 2.87. The summed E-state index contributed by atoms with van der Waals surface area (Å²) >= 11 is 0. The molecule has 0 aliphatic heterocycles. The first-order valence-electron chi connectivity index (χ1n) is 8.85. The molecule has 3 N–H and O–H groups in total. The van der Waals surface area contributed by atoms with Gasteiger partial charge in [-0.1, -0.05) is 23.8 Å². The van der Waals surface area contributed by atoms with Gasteiger partial charge in [0.25, 0.3) is 5.91 Å². The minimum absolute atomic E-state index is 0.119. The van der Waals surface area contributed by atoms with E-state index in [1.807, 2.05) is 6.92 Å². The van der Waals surface area contributed by atoms with Gasteiger partial charge in [-0.25, -0.2) is 0 Å². The molecule has 0 aliphatic carbocycles. The SMILES string of the molecule is COc1ccc(OCCCN)c(C(=O)NC(C)c2ccc(C)cc2C)c1. The van der Waals surface area contributed by atoms with Crippen molar-refractivity contribution in [1.82, 2.24) is 5.32 Å². The summed E-state index contributed by atoms with van der Waals surface area (Å²) in [5.74, 6) is 0.948. The highest BCUT2D eigenvalue weighted by molar-refractivity contribution is 5.97. The number of rotatable bonds is 8. The number of ether oxygens (including phenoxy) is 2. The van der Waals surface area contributed by atoms with E-state index in [9.17, 15) is 4.79 Å². The average Bonchev–Trinajstić information content (AvgIpc) is 2.61. The topological polar surface area (TPSA) is 73.6 Å². The second-order valence-electron chi connectivity index (χ2n) is 6.41. The van der Waals surface area contributed by atoms with Crippen LogP contribution in [0, 0.1) is 13.8 Å². The quantitative estimate of drug-likeness (QED) is 0.710. The second kappa shape index (κ2) is 9.25. The zero-order valence-corrected chi connectivity index (χ0v) is 16.0. The number of methoxy groups -OCH3 is 1. The summed E-state index contributed by atoms with van der Waals surface area (Å²) in [4.78, 5) is 12.9. The number of benzene rings is 2. The summed E-state index contributed by atoms with van der Waals surface area (Å²) in [6.45, 7) is 7.10. The second-order valence-corrected chi connectivity index (χ2v) is 6.41. The molecule has 5 heteroatoms. The van der Waals surface area contributed by atoms with Gasteiger partial charge in [-0.05, 0) is 63.1 Å². The number of aryl methyl sites for hydroxylation is 2. The molecule has 0 aliphatic rings. The Morgan fingerprint density at radius 1 is 1.19 bits per heavy atom. The largest absolute Gasteiger partial charge is 0.497 e. The minimum Gasteiger partial charge on any atom is -0.497 e. The van der Waals surface area contributed by atoms with Crippen LogP contribution in [0.5, 0.6) is 11.5 Å². The predicted molar refractivity (Wildman–Crippen MR) is 104 cm³/mol. The number of nitrogens with two attached hydrogens (primary N) is 1. The number of hydrogen-bond acceptors (Lipinski definition) is 4. The van der Waals surface area contributed by atoms with Crippen molar-refractivity contribution in [1.29, 1.82) is 0 Å². The maximum Gasteiger partial charge on any atom is 0.255 e. The first kappa shape index (κ1) is 19.8. The number of carbonyl (C=O) groups is 1. The molecule has 0 spiro atoms. The van der Waals surface area contributed by atoms with Crippen LogP contribution in [0.4, 0.5) is 0 Å². The standard InChI is InChI=1S/C21H28N2O3/c1-14-6-8-18(15(2)12-14)16(3)23-21(24)19-13-17(25-4)7-9-20(19)26-11-5-10-22/h6-9,12-13,16H,5,10-11,22H2,1-4H3,(H,23,24). The summed E-state index contributed by atoms with van der Waals surface area (Å²) < 4.78 is 11.0. The molecule has 0 aromatic heterocycles. The zero-order chi connectivity index (χ0) is 19.1. The summed E-state index contributed by atoms with van der Waals surface area (Å²) in [6.07, 6.45) is 0.728. The molecule has 1 atom stereocenters. The fraction of sp³-hybridized carbons (Fsp3) is 0.381. The van der Waals surface area contributed by atoms with E-state index in [1.165, 1.54) is 5.56 Å². The molecule has 2 aromatic carbocycles. The van der Waals surface area contributed by atoms with Gasteiger partial charge in [0, 0.05) is 0 Å². The van der Waals surface area contributed by atoms with Crippen LogP contribution in [0.3, 0.4) is 0 Å². The van der Waals surface area contributed by atoms with E-state index in [2.05, 4.69) is 37.4 Å². The lowest BCUT2D eigenvalue weighted by Crippen LogP contribution is -2.27. The van der Waals surface area contributed by atoms with Crippen molar-refractivity contribution < 1.29 is 14.3 Å². The lowest BCUT2D eigenvalue weighted by molar-refractivity contribution is 0.0935. The van der Waals surface area contributed by atoms with Crippen molar-refractivity contribution in [2.75, 3.05) is 20.3 Å². The predicted octanol–water partition coefficient (Wildman–Crippen LogP) is 3.53. The van der Waals surface area contributed by atoms with Crippen molar-refractivity contribution in [3.05, 3.63) is 58.7 Å². The molecule has 0 heterocycles. The van der Waals surface area contributed by atoms with Gasteiger partial charge in [0.2, 0.25) is 0 Å². The van der Waals surface area contributed by atoms with Gasteiger partial charge in [0.1, 0.15) is 11.5 Å². The van der Waals surface area contributed by atoms with Gasteiger partial charge in [-0.3, -0.25) is 4.79 Å². The molecule has 2 aromatic rings. The van der Waals surface area contributed by atoms with Gasteiger partial charge in [0.15, 0.2) is 0 Å². The Bertz CT molecular complexity index is 759. The number of carbonyl (C=O) groups excluding carboxylic acids is 1. The van der Waals surface area contributed by atoms with Crippen molar-refractivity contribution in [2.45, 2.75) is 33.2 Å². The van der Waals surface area contributed by atoms with Gasteiger partial charge in [-0.2, -0.15) is 0 Å². The monoisotopic (exact) mass is 356 g/mol. The Hall–Kier alpha value is -2.53. The third-order valence-electron chi connectivity index (χ3n) is 4.28. The van der Waals surface area contributed by atoms with Crippen LogP contribution in [-0.2, 0) is 0 Å². The third kappa shape index (κ3) is 4.99. The van der Waals surface area contributed by atoms with E-state index in [-0.39, 0.29) is 11.9 Å².